The Morgan fingerprint density at radius 1 is 1.38 bits per heavy atom. The van der Waals surface area contributed by atoms with Crippen LogP contribution in [0.3, 0.4) is 0 Å². The molecule has 0 aliphatic carbocycles. The maximum absolute atomic E-state index is 4.26. The topological polar surface area (TPSA) is 15.6 Å². The summed E-state index contributed by atoms with van der Waals surface area (Å²) in [5.74, 6) is 1.03. The smallest absolute Gasteiger partial charge is 0.139 e. The second-order valence-corrected chi connectivity index (χ2v) is 3.76. The number of halogens is 1. The van der Waals surface area contributed by atoms with Crippen molar-refractivity contribution in [3.63, 3.8) is 0 Å². The van der Waals surface area contributed by atoms with Crippen molar-refractivity contribution in [2.45, 2.75) is 6.92 Å². The molecule has 0 atom stereocenters. The minimum atomic E-state index is 0.960. The van der Waals surface area contributed by atoms with Crippen LogP contribution in [0.2, 0.25) is 0 Å². The number of aliphatic imine (C=N–C) groups is 1. The molecule has 0 radical (unpaired) electrons. The van der Waals surface area contributed by atoms with Crippen LogP contribution in [0.5, 0.6) is 0 Å². The van der Waals surface area contributed by atoms with Gasteiger partial charge in [0.25, 0.3) is 0 Å². The zero-order valence-electron chi connectivity index (χ0n) is 7.87. The molecule has 0 saturated heterocycles. The molecule has 1 aromatic carbocycles. The molecule has 1 rings (SSSR count). The molecule has 0 bridgehead atoms. The molecular formula is C10H13IN2. The maximum Gasteiger partial charge on any atom is 0.139 e. The van der Waals surface area contributed by atoms with E-state index >= 15 is 0 Å². The van der Waals surface area contributed by atoms with Gasteiger partial charge in [-0.2, -0.15) is 0 Å². The molecule has 0 heterocycles. The SMILES string of the molecule is CCN(I)/C(=N\C)c1ccccc1. The quantitative estimate of drug-likeness (QED) is 0.353. The first-order chi connectivity index (χ1) is 6.29. The Kier molecular flexibility index (Phi) is 4.21. The molecule has 0 N–H and O–H groups in total. The summed E-state index contributed by atoms with van der Waals surface area (Å²) in [6.45, 7) is 3.07. The van der Waals surface area contributed by atoms with Crippen molar-refractivity contribution >= 4 is 28.7 Å². The van der Waals surface area contributed by atoms with Gasteiger partial charge in [-0.15, -0.1) is 0 Å². The Morgan fingerprint density at radius 3 is 2.46 bits per heavy atom. The summed E-state index contributed by atoms with van der Waals surface area (Å²) in [6, 6.07) is 10.2. The standard InChI is InChI=1S/C10H13IN2/c1-3-13(11)10(12-2)9-7-5-4-6-8-9/h4-8H,3H2,1-2H3/b12-10-. The van der Waals surface area contributed by atoms with Gasteiger partial charge >= 0.3 is 0 Å². The van der Waals surface area contributed by atoms with Crippen molar-refractivity contribution in [1.82, 2.24) is 3.11 Å². The monoisotopic (exact) mass is 288 g/mol. The fourth-order valence-corrected chi connectivity index (χ4v) is 1.61. The Hall–Kier alpha value is -0.580. The van der Waals surface area contributed by atoms with Crippen molar-refractivity contribution in [2.75, 3.05) is 13.6 Å². The number of hydrogen-bond acceptors (Lipinski definition) is 1. The summed E-state index contributed by atoms with van der Waals surface area (Å²) in [5, 5.41) is 0. The number of nitrogens with zero attached hydrogens (tertiary/aromatic N) is 2. The Morgan fingerprint density at radius 2 is 2.00 bits per heavy atom. The molecule has 0 spiro atoms. The normalized spacial score (nSPS) is 11.5. The summed E-state index contributed by atoms with van der Waals surface area (Å²) in [4.78, 5) is 4.26. The van der Waals surface area contributed by atoms with Crippen LogP contribution in [-0.4, -0.2) is 22.5 Å². The van der Waals surface area contributed by atoms with Gasteiger partial charge < -0.3 is 0 Å². The summed E-state index contributed by atoms with van der Waals surface area (Å²) in [7, 11) is 1.82. The Labute approximate surface area is 93.2 Å². The molecule has 2 nitrogen and oxygen atoms in total. The lowest BCUT2D eigenvalue weighted by Crippen LogP contribution is -2.21. The van der Waals surface area contributed by atoms with Crippen molar-refractivity contribution in [1.29, 1.82) is 0 Å². The highest BCUT2D eigenvalue weighted by molar-refractivity contribution is 14.1. The van der Waals surface area contributed by atoms with E-state index in [0.29, 0.717) is 0 Å². The molecule has 70 valence electrons. The molecule has 0 aliphatic rings. The average Bonchev–Trinajstić information content (AvgIpc) is 2.20. The van der Waals surface area contributed by atoms with Gasteiger partial charge in [0.05, 0.1) is 22.9 Å². The summed E-state index contributed by atoms with van der Waals surface area (Å²) >= 11 is 2.27. The Balaban J connectivity index is 2.93. The first-order valence-electron chi connectivity index (χ1n) is 4.25. The first kappa shape index (κ1) is 10.5. The largest absolute Gasteiger partial charge is 0.299 e. The highest BCUT2D eigenvalue weighted by atomic mass is 127. The van der Waals surface area contributed by atoms with Gasteiger partial charge in [-0.3, -0.25) is 8.11 Å². The first-order valence-corrected chi connectivity index (χ1v) is 5.21. The van der Waals surface area contributed by atoms with Crippen LogP contribution in [0.25, 0.3) is 0 Å². The van der Waals surface area contributed by atoms with E-state index < -0.39 is 0 Å². The molecule has 1 aromatic rings. The van der Waals surface area contributed by atoms with E-state index in [2.05, 4.69) is 50.0 Å². The molecule has 0 fully saturated rings. The minimum Gasteiger partial charge on any atom is -0.299 e. The summed E-state index contributed by atoms with van der Waals surface area (Å²) in [5.41, 5.74) is 1.17. The van der Waals surface area contributed by atoms with Crippen molar-refractivity contribution in [3.8, 4) is 0 Å². The van der Waals surface area contributed by atoms with E-state index in [1.165, 1.54) is 5.56 Å². The molecule has 0 aromatic heterocycles. The average molecular weight is 288 g/mol. The van der Waals surface area contributed by atoms with Crippen molar-refractivity contribution in [2.24, 2.45) is 4.99 Å². The molecule has 0 saturated carbocycles. The van der Waals surface area contributed by atoms with Gasteiger partial charge in [-0.25, -0.2) is 0 Å². The predicted octanol–water partition coefficient (Wildman–Crippen LogP) is 2.73. The fourth-order valence-electron chi connectivity index (χ4n) is 1.11. The Bertz CT molecular complexity index is 282. The van der Waals surface area contributed by atoms with E-state index in [1.54, 1.807) is 0 Å². The maximum atomic E-state index is 4.26. The molecular weight excluding hydrogens is 275 g/mol. The van der Waals surface area contributed by atoms with Gasteiger partial charge in [0.1, 0.15) is 5.84 Å². The lowest BCUT2D eigenvalue weighted by Gasteiger charge is -2.16. The molecule has 0 amide bonds. The van der Waals surface area contributed by atoms with Crippen LogP contribution in [0, 0.1) is 0 Å². The highest BCUT2D eigenvalue weighted by Crippen LogP contribution is 2.09. The fraction of sp³-hybridized carbons (Fsp3) is 0.300. The van der Waals surface area contributed by atoms with Gasteiger partial charge in [-0.1, -0.05) is 30.3 Å². The van der Waals surface area contributed by atoms with Crippen LogP contribution in [0.1, 0.15) is 12.5 Å². The third kappa shape index (κ3) is 2.69. The molecule has 13 heavy (non-hydrogen) atoms. The number of benzene rings is 1. The zero-order chi connectivity index (χ0) is 9.68. The van der Waals surface area contributed by atoms with E-state index in [-0.39, 0.29) is 0 Å². The number of rotatable bonds is 2. The van der Waals surface area contributed by atoms with Gasteiger partial charge in [0.2, 0.25) is 0 Å². The van der Waals surface area contributed by atoms with E-state index in [9.17, 15) is 0 Å². The van der Waals surface area contributed by atoms with Gasteiger partial charge in [0.15, 0.2) is 0 Å². The zero-order valence-corrected chi connectivity index (χ0v) is 10.0. The number of amidine groups is 1. The van der Waals surface area contributed by atoms with Crippen LogP contribution in [0.15, 0.2) is 35.3 Å². The lowest BCUT2D eigenvalue weighted by molar-refractivity contribution is 0.761. The van der Waals surface area contributed by atoms with Crippen molar-refractivity contribution < 1.29 is 0 Å². The van der Waals surface area contributed by atoms with Crippen molar-refractivity contribution in [3.05, 3.63) is 35.9 Å². The van der Waals surface area contributed by atoms with E-state index in [0.717, 1.165) is 12.4 Å². The van der Waals surface area contributed by atoms with Gasteiger partial charge in [0, 0.05) is 19.2 Å². The van der Waals surface area contributed by atoms with Gasteiger partial charge in [-0.05, 0) is 6.92 Å². The second-order valence-electron chi connectivity index (χ2n) is 2.59. The van der Waals surface area contributed by atoms with E-state index in [4.69, 9.17) is 0 Å². The van der Waals surface area contributed by atoms with Crippen LogP contribution >= 0.6 is 22.9 Å². The molecule has 0 unspecified atom stereocenters. The van der Waals surface area contributed by atoms with Crippen LogP contribution in [0.4, 0.5) is 0 Å². The third-order valence-electron chi connectivity index (χ3n) is 1.75. The number of hydrogen-bond donors (Lipinski definition) is 0. The molecule has 0 aliphatic heterocycles. The minimum absolute atomic E-state index is 0.960. The summed E-state index contributed by atoms with van der Waals surface area (Å²) < 4.78 is 2.10. The summed E-state index contributed by atoms with van der Waals surface area (Å²) in [6.07, 6.45) is 0. The van der Waals surface area contributed by atoms with E-state index in [1.807, 2.05) is 25.2 Å². The second kappa shape index (κ2) is 5.21. The molecule has 3 heteroatoms. The third-order valence-corrected chi connectivity index (χ3v) is 2.89. The van der Waals surface area contributed by atoms with Crippen LogP contribution < -0.4 is 0 Å². The predicted molar refractivity (Wildman–Crippen MR) is 65.3 cm³/mol. The highest BCUT2D eigenvalue weighted by Gasteiger charge is 2.06. The lowest BCUT2D eigenvalue weighted by atomic mass is 10.2. The van der Waals surface area contributed by atoms with Crippen LogP contribution in [-0.2, 0) is 0 Å².